The molecule has 0 radical (unpaired) electrons. The minimum Gasteiger partial charge on any atom is -0.435 e. The maximum Gasteiger partial charge on any atom is 0.387 e. The highest BCUT2D eigenvalue weighted by Gasteiger charge is 2.29. The molecule has 0 saturated heterocycles. The lowest BCUT2D eigenvalue weighted by Gasteiger charge is -2.18. The molecule has 13 heteroatoms. The van der Waals surface area contributed by atoms with Crippen molar-refractivity contribution < 1.29 is 40.3 Å². The molecule has 0 heterocycles. The van der Waals surface area contributed by atoms with E-state index in [4.69, 9.17) is 5.26 Å². The smallest absolute Gasteiger partial charge is 0.387 e. The van der Waals surface area contributed by atoms with Crippen LogP contribution in [-0.4, -0.2) is 45.2 Å². The molecule has 0 aliphatic rings. The normalized spacial score (nSPS) is 12.0. The minimum atomic E-state index is -4.22. The van der Waals surface area contributed by atoms with Crippen molar-refractivity contribution in [2.24, 2.45) is 0 Å². The van der Waals surface area contributed by atoms with Gasteiger partial charge in [-0.3, -0.25) is 9.59 Å². The van der Waals surface area contributed by atoms with Gasteiger partial charge in [0.05, 0.1) is 17.6 Å². The molecule has 0 aliphatic heterocycles. The van der Waals surface area contributed by atoms with Gasteiger partial charge in [-0.1, -0.05) is 18.2 Å². The quantitative estimate of drug-likeness (QED) is 0.390. The van der Waals surface area contributed by atoms with Gasteiger partial charge in [-0.15, -0.1) is 0 Å². The number of carbonyl (C=O) groups excluding carboxylic acids is 2. The highest BCUT2D eigenvalue weighted by molar-refractivity contribution is 7.90. The first-order chi connectivity index (χ1) is 15.5. The number of halogens is 4. The number of alkyl halides is 2. The fourth-order valence-electron chi connectivity index (χ4n) is 2.70. The van der Waals surface area contributed by atoms with Crippen LogP contribution in [0.25, 0.3) is 0 Å². The van der Waals surface area contributed by atoms with Gasteiger partial charge in [-0.25, -0.2) is 17.2 Å². The van der Waals surface area contributed by atoms with E-state index in [1.165, 1.54) is 18.2 Å². The molecule has 0 saturated carbocycles. The largest absolute Gasteiger partial charge is 0.435 e. The Morgan fingerprint density at radius 3 is 2.42 bits per heavy atom. The van der Waals surface area contributed by atoms with Crippen LogP contribution in [0.3, 0.4) is 0 Å². The van der Waals surface area contributed by atoms with Gasteiger partial charge in [0.25, 0.3) is 5.91 Å². The first-order valence-electron chi connectivity index (χ1n) is 9.16. The van der Waals surface area contributed by atoms with E-state index < -0.39 is 64.0 Å². The van der Waals surface area contributed by atoms with E-state index in [9.17, 15) is 35.6 Å². The predicted molar refractivity (Wildman–Crippen MR) is 107 cm³/mol. The molecule has 1 atom stereocenters. The van der Waals surface area contributed by atoms with Crippen molar-refractivity contribution in [2.45, 2.75) is 18.4 Å². The predicted octanol–water partition coefficient (Wildman–Crippen LogP) is 1.92. The Morgan fingerprint density at radius 2 is 1.79 bits per heavy atom. The number of rotatable bonds is 10. The summed E-state index contributed by atoms with van der Waals surface area (Å²) in [6.07, 6.45) is 0. The fourth-order valence-corrected chi connectivity index (χ4v) is 4.27. The second kappa shape index (κ2) is 11.3. The van der Waals surface area contributed by atoms with E-state index in [2.05, 4.69) is 15.4 Å². The van der Waals surface area contributed by atoms with E-state index in [0.29, 0.717) is 12.1 Å². The molecule has 176 valence electrons. The summed E-state index contributed by atoms with van der Waals surface area (Å²) in [5.41, 5.74) is -0.499. The Kier molecular flexibility index (Phi) is 8.75. The number of nitriles is 1. The standard InChI is InChI=1S/C20H17F4N3O5S/c21-14-6-5-12(9-15(14)22)18(28)27-16(19(29)26-8-7-25)11-33(30,31)10-13-3-1-2-4-17(13)32-20(23)24/h1-6,9,16,20H,8,10-11H2,(H,26,29)(H,27,28)/t16-/m0/s1. The summed E-state index contributed by atoms with van der Waals surface area (Å²) >= 11 is 0. The van der Waals surface area contributed by atoms with Crippen LogP contribution in [0.15, 0.2) is 42.5 Å². The van der Waals surface area contributed by atoms with Gasteiger partial charge in [-0.2, -0.15) is 14.0 Å². The maximum absolute atomic E-state index is 13.4. The van der Waals surface area contributed by atoms with Gasteiger partial charge in [0.1, 0.15) is 18.3 Å². The third-order valence-electron chi connectivity index (χ3n) is 4.13. The second-order valence-electron chi connectivity index (χ2n) is 6.57. The van der Waals surface area contributed by atoms with Crippen LogP contribution in [-0.2, 0) is 20.4 Å². The Morgan fingerprint density at radius 1 is 1.09 bits per heavy atom. The zero-order valence-electron chi connectivity index (χ0n) is 16.7. The molecule has 0 aliphatic carbocycles. The lowest BCUT2D eigenvalue weighted by atomic mass is 10.2. The molecule has 0 aromatic heterocycles. The molecular weight excluding hydrogens is 470 g/mol. The number of hydrogen-bond acceptors (Lipinski definition) is 6. The van der Waals surface area contributed by atoms with E-state index in [0.717, 1.165) is 12.1 Å². The van der Waals surface area contributed by atoms with Crippen molar-refractivity contribution in [2.75, 3.05) is 12.3 Å². The summed E-state index contributed by atoms with van der Waals surface area (Å²) in [5, 5.41) is 12.8. The number of carbonyl (C=O) groups is 2. The van der Waals surface area contributed by atoms with E-state index in [-0.39, 0.29) is 16.9 Å². The molecule has 2 rings (SSSR count). The van der Waals surface area contributed by atoms with Crippen molar-refractivity contribution in [3.05, 3.63) is 65.2 Å². The summed E-state index contributed by atoms with van der Waals surface area (Å²) in [6, 6.07) is 7.15. The molecule has 33 heavy (non-hydrogen) atoms. The van der Waals surface area contributed by atoms with Gasteiger partial charge in [-0.05, 0) is 24.3 Å². The first kappa shape index (κ1) is 25.6. The number of benzene rings is 2. The van der Waals surface area contributed by atoms with Crippen molar-refractivity contribution in [1.29, 1.82) is 5.26 Å². The lowest BCUT2D eigenvalue weighted by Crippen LogP contribution is -2.50. The summed E-state index contributed by atoms with van der Waals surface area (Å²) in [4.78, 5) is 24.7. The van der Waals surface area contributed by atoms with Crippen LogP contribution < -0.4 is 15.4 Å². The molecule has 2 aromatic rings. The topological polar surface area (TPSA) is 125 Å². The molecule has 2 amide bonds. The Hall–Kier alpha value is -3.66. The molecule has 0 unspecified atom stereocenters. The van der Waals surface area contributed by atoms with Gasteiger partial charge < -0.3 is 15.4 Å². The third-order valence-corrected chi connectivity index (χ3v) is 5.72. The number of para-hydroxylation sites is 1. The van der Waals surface area contributed by atoms with Gasteiger partial charge in [0.15, 0.2) is 21.5 Å². The van der Waals surface area contributed by atoms with Crippen LogP contribution in [0.4, 0.5) is 17.6 Å². The number of ether oxygens (including phenoxy) is 1. The highest BCUT2D eigenvalue weighted by Crippen LogP contribution is 2.23. The van der Waals surface area contributed by atoms with Crippen molar-refractivity contribution in [1.82, 2.24) is 10.6 Å². The zero-order chi connectivity index (χ0) is 24.6. The maximum atomic E-state index is 13.4. The summed E-state index contributed by atoms with van der Waals surface area (Å²) in [6.45, 7) is -3.70. The van der Waals surface area contributed by atoms with E-state index in [1.807, 2.05) is 0 Å². The van der Waals surface area contributed by atoms with Crippen molar-refractivity contribution >= 4 is 21.7 Å². The average Bonchev–Trinajstić information content (AvgIpc) is 2.74. The van der Waals surface area contributed by atoms with E-state index in [1.54, 1.807) is 6.07 Å². The number of hydrogen-bond donors (Lipinski definition) is 2. The van der Waals surface area contributed by atoms with Crippen LogP contribution in [0, 0.1) is 23.0 Å². The number of nitrogens with zero attached hydrogens (tertiary/aromatic N) is 1. The molecule has 2 N–H and O–H groups in total. The number of amides is 2. The third kappa shape index (κ3) is 7.76. The van der Waals surface area contributed by atoms with E-state index >= 15 is 0 Å². The zero-order valence-corrected chi connectivity index (χ0v) is 17.5. The van der Waals surface area contributed by atoms with Crippen LogP contribution in [0.5, 0.6) is 5.75 Å². The van der Waals surface area contributed by atoms with Crippen molar-refractivity contribution in [3.8, 4) is 11.8 Å². The highest BCUT2D eigenvalue weighted by atomic mass is 32.2. The first-order valence-corrected chi connectivity index (χ1v) is 11.0. The Balaban J connectivity index is 2.25. The minimum absolute atomic E-state index is 0.110. The number of nitrogens with one attached hydrogen (secondary N) is 2. The Labute approximate surface area is 186 Å². The molecule has 2 aromatic carbocycles. The van der Waals surface area contributed by atoms with Gasteiger partial charge >= 0.3 is 6.61 Å². The van der Waals surface area contributed by atoms with Crippen molar-refractivity contribution in [3.63, 3.8) is 0 Å². The molecule has 0 fully saturated rings. The van der Waals surface area contributed by atoms with Gasteiger partial charge in [0, 0.05) is 11.1 Å². The fraction of sp³-hybridized carbons (Fsp3) is 0.250. The molecule has 0 spiro atoms. The second-order valence-corrected chi connectivity index (χ2v) is 8.68. The van der Waals surface area contributed by atoms with Gasteiger partial charge in [0.2, 0.25) is 5.91 Å². The molecular formula is C20H17F4N3O5S. The van der Waals surface area contributed by atoms with Crippen LogP contribution in [0.2, 0.25) is 0 Å². The van der Waals surface area contributed by atoms with Crippen LogP contribution >= 0.6 is 0 Å². The Bertz CT molecular complexity index is 1170. The lowest BCUT2D eigenvalue weighted by molar-refractivity contribution is -0.122. The SMILES string of the molecule is N#CCNC(=O)[C@H](CS(=O)(=O)Cc1ccccc1OC(F)F)NC(=O)c1ccc(F)c(F)c1. The summed E-state index contributed by atoms with van der Waals surface area (Å²) in [7, 11) is -4.22. The summed E-state index contributed by atoms with van der Waals surface area (Å²) in [5.74, 6) is -6.84. The molecule has 8 nitrogen and oxygen atoms in total. The summed E-state index contributed by atoms with van der Waals surface area (Å²) < 4.78 is 81.3. The van der Waals surface area contributed by atoms with Crippen LogP contribution in [0.1, 0.15) is 15.9 Å². The number of sulfone groups is 1. The average molecular weight is 487 g/mol. The monoisotopic (exact) mass is 487 g/mol. The molecule has 0 bridgehead atoms.